The Morgan fingerprint density at radius 3 is 2.95 bits per heavy atom. The molecule has 0 fully saturated rings. The van der Waals surface area contributed by atoms with Crippen molar-refractivity contribution in [3.8, 4) is 11.3 Å². The van der Waals surface area contributed by atoms with Gasteiger partial charge in [0.2, 0.25) is 0 Å². The molecule has 0 aromatic carbocycles. The van der Waals surface area contributed by atoms with E-state index < -0.39 is 5.97 Å². The lowest BCUT2D eigenvalue weighted by atomic mass is 10.1. The highest BCUT2D eigenvalue weighted by atomic mass is 16.4. The standard InChI is InChI=1S/C13H10N4O2/c1-8-2-3-14-7-10(8)11-6-9(13(18)19)12-15-4-5-17(12)16-11/h2-7H,1H3,(H,18,19). The molecule has 94 valence electrons. The number of rotatable bonds is 2. The summed E-state index contributed by atoms with van der Waals surface area (Å²) >= 11 is 0. The molecule has 3 aromatic rings. The summed E-state index contributed by atoms with van der Waals surface area (Å²) in [5, 5.41) is 13.6. The highest BCUT2D eigenvalue weighted by Crippen LogP contribution is 2.22. The number of imidazole rings is 1. The number of hydrogen-bond acceptors (Lipinski definition) is 4. The van der Waals surface area contributed by atoms with Gasteiger partial charge >= 0.3 is 5.97 Å². The molecule has 0 atom stereocenters. The minimum atomic E-state index is -1.03. The Morgan fingerprint density at radius 2 is 2.21 bits per heavy atom. The number of fused-ring (bicyclic) bond motifs is 1. The second-order valence-electron chi connectivity index (χ2n) is 4.13. The second-order valence-corrected chi connectivity index (χ2v) is 4.13. The first kappa shape index (κ1) is 11.3. The molecule has 19 heavy (non-hydrogen) atoms. The highest BCUT2D eigenvalue weighted by Gasteiger charge is 2.15. The van der Waals surface area contributed by atoms with E-state index in [9.17, 15) is 9.90 Å². The first-order chi connectivity index (χ1) is 9.16. The Balaban J connectivity index is 2.31. The Labute approximate surface area is 108 Å². The van der Waals surface area contributed by atoms with E-state index in [0.717, 1.165) is 11.1 Å². The van der Waals surface area contributed by atoms with Crippen molar-refractivity contribution in [2.24, 2.45) is 0 Å². The van der Waals surface area contributed by atoms with E-state index in [2.05, 4.69) is 15.1 Å². The van der Waals surface area contributed by atoms with E-state index in [1.165, 1.54) is 16.8 Å². The zero-order valence-corrected chi connectivity index (χ0v) is 10.1. The summed E-state index contributed by atoms with van der Waals surface area (Å²) in [6.45, 7) is 1.93. The predicted octanol–water partition coefficient (Wildman–Crippen LogP) is 1.80. The molecule has 0 amide bonds. The van der Waals surface area contributed by atoms with Gasteiger partial charge in [0.1, 0.15) is 5.56 Å². The number of aryl methyl sites for hydroxylation is 1. The minimum absolute atomic E-state index is 0.123. The van der Waals surface area contributed by atoms with E-state index in [-0.39, 0.29) is 5.56 Å². The number of aromatic carboxylic acids is 1. The van der Waals surface area contributed by atoms with Crippen molar-refractivity contribution in [2.75, 3.05) is 0 Å². The third kappa shape index (κ3) is 1.83. The van der Waals surface area contributed by atoms with Gasteiger partial charge in [0.15, 0.2) is 5.65 Å². The van der Waals surface area contributed by atoms with Crippen molar-refractivity contribution in [3.05, 3.63) is 48.0 Å². The lowest BCUT2D eigenvalue weighted by Crippen LogP contribution is -2.05. The normalized spacial score (nSPS) is 10.8. The molecule has 0 spiro atoms. The lowest BCUT2D eigenvalue weighted by Gasteiger charge is -2.06. The summed E-state index contributed by atoms with van der Waals surface area (Å²) in [6.07, 6.45) is 6.50. The van der Waals surface area contributed by atoms with Crippen molar-refractivity contribution in [2.45, 2.75) is 6.92 Å². The molecule has 0 aliphatic carbocycles. The van der Waals surface area contributed by atoms with Gasteiger partial charge in [-0.05, 0) is 24.6 Å². The maximum atomic E-state index is 11.3. The SMILES string of the molecule is Cc1ccncc1-c1cc(C(=O)O)c2nccn2n1. The average molecular weight is 254 g/mol. The smallest absolute Gasteiger partial charge is 0.339 e. The molecule has 0 saturated carbocycles. The largest absolute Gasteiger partial charge is 0.478 e. The van der Waals surface area contributed by atoms with Crippen molar-refractivity contribution in [1.29, 1.82) is 0 Å². The second kappa shape index (κ2) is 4.16. The molecule has 0 unspecified atom stereocenters. The van der Waals surface area contributed by atoms with Crippen LogP contribution in [0.4, 0.5) is 0 Å². The first-order valence-electron chi connectivity index (χ1n) is 5.65. The van der Waals surface area contributed by atoms with Gasteiger partial charge in [0.25, 0.3) is 0 Å². The molecule has 3 aromatic heterocycles. The molecule has 0 bridgehead atoms. The fourth-order valence-corrected chi connectivity index (χ4v) is 1.94. The molecule has 3 rings (SSSR count). The zero-order valence-electron chi connectivity index (χ0n) is 10.1. The van der Waals surface area contributed by atoms with Gasteiger partial charge in [-0.1, -0.05) is 0 Å². The highest BCUT2D eigenvalue weighted by molar-refractivity contribution is 5.95. The van der Waals surface area contributed by atoms with E-state index >= 15 is 0 Å². The summed E-state index contributed by atoms with van der Waals surface area (Å²) < 4.78 is 1.46. The molecule has 0 radical (unpaired) electrons. The van der Waals surface area contributed by atoms with Crippen LogP contribution < -0.4 is 0 Å². The molecule has 6 heteroatoms. The van der Waals surface area contributed by atoms with Crippen LogP contribution in [0.2, 0.25) is 0 Å². The van der Waals surface area contributed by atoms with Crippen LogP contribution in [0.3, 0.4) is 0 Å². The molecule has 0 saturated heterocycles. The molecule has 3 heterocycles. The van der Waals surface area contributed by atoms with Gasteiger partial charge in [-0.25, -0.2) is 14.3 Å². The van der Waals surface area contributed by atoms with Crippen LogP contribution in [0.5, 0.6) is 0 Å². The van der Waals surface area contributed by atoms with Crippen LogP contribution in [0.1, 0.15) is 15.9 Å². The van der Waals surface area contributed by atoms with Crippen molar-refractivity contribution >= 4 is 11.6 Å². The maximum Gasteiger partial charge on any atom is 0.339 e. The van der Waals surface area contributed by atoms with Gasteiger partial charge in [-0.15, -0.1) is 0 Å². The van der Waals surface area contributed by atoms with Crippen LogP contribution in [0.15, 0.2) is 36.9 Å². The fraction of sp³-hybridized carbons (Fsp3) is 0.0769. The Kier molecular flexibility index (Phi) is 2.49. The Bertz CT molecular complexity index is 779. The monoisotopic (exact) mass is 254 g/mol. The number of carboxylic acid groups (broad SMARTS) is 1. The molecule has 0 aliphatic heterocycles. The fourth-order valence-electron chi connectivity index (χ4n) is 1.94. The van der Waals surface area contributed by atoms with E-state index in [1.54, 1.807) is 18.6 Å². The number of carbonyl (C=O) groups is 1. The molecule has 1 N–H and O–H groups in total. The molecular formula is C13H10N4O2. The number of nitrogens with zero attached hydrogens (tertiary/aromatic N) is 4. The zero-order chi connectivity index (χ0) is 13.4. The average Bonchev–Trinajstić information content (AvgIpc) is 2.86. The van der Waals surface area contributed by atoms with Gasteiger partial charge < -0.3 is 5.11 Å². The summed E-state index contributed by atoms with van der Waals surface area (Å²) in [4.78, 5) is 19.3. The quantitative estimate of drug-likeness (QED) is 0.754. The predicted molar refractivity (Wildman–Crippen MR) is 67.9 cm³/mol. The van der Waals surface area contributed by atoms with Gasteiger partial charge in [0, 0.05) is 30.4 Å². The maximum absolute atomic E-state index is 11.3. The summed E-state index contributed by atoms with van der Waals surface area (Å²) in [5.41, 5.74) is 2.81. The van der Waals surface area contributed by atoms with Crippen LogP contribution in [0, 0.1) is 6.92 Å². The van der Waals surface area contributed by atoms with Crippen LogP contribution in [-0.4, -0.2) is 30.7 Å². The molecule has 6 nitrogen and oxygen atoms in total. The lowest BCUT2D eigenvalue weighted by molar-refractivity contribution is 0.0698. The number of hydrogen-bond donors (Lipinski definition) is 1. The van der Waals surface area contributed by atoms with Gasteiger partial charge in [0.05, 0.1) is 5.69 Å². The van der Waals surface area contributed by atoms with Crippen LogP contribution >= 0.6 is 0 Å². The number of aromatic nitrogens is 4. The van der Waals surface area contributed by atoms with Crippen molar-refractivity contribution in [3.63, 3.8) is 0 Å². The molecule has 0 aliphatic rings. The van der Waals surface area contributed by atoms with E-state index in [1.807, 2.05) is 13.0 Å². The Morgan fingerprint density at radius 1 is 1.37 bits per heavy atom. The third-order valence-corrected chi connectivity index (χ3v) is 2.90. The van der Waals surface area contributed by atoms with Gasteiger partial charge in [-0.3, -0.25) is 4.98 Å². The summed E-state index contributed by atoms with van der Waals surface area (Å²) in [7, 11) is 0. The Hall–Kier alpha value is -2.76. The van der Waals surface area contributed by atoms with Crippen molar-refractivity contribution in [1.82, 2.24) is 19.6 Å². The first-order valence-corrected chi connectivity index (χ1v) is 5.65. The van der Waals surface area contributed by atoms with Gasteiger partial charge in [-0.2, -0.15) is 5.10 Å². The summed E-state index contributed by atoms with van der Waals surface area (Å²) in [6, 6.07) is 3.38. The van der Waals surface area contributed by atoms with E-state index in [4.69, 9.17) is 0 Å². The van der Waals surface area contributed by atoms with Crippen molar-refractivity contribution < 1.29 is 9.90 Å². The van der Waals surface area contributed by atoms with E-state index in [0.29, 0.717) is 11.3 Å². The number of pyridine rings is 1. The van der Waals surface area contributed by atoms with Crippen LogP contribution in [0.25, 0.3) is 16.9 Å². The third-order valence-electron chi connectivity index (χ3n) is 2.90. The van der Waals surface area contributed by atoms with Crippen LogP contribution in [-0.2, 0) is 0 Å². The minimum Gasteiger partial charge on any atom is -0.478 e. The number of carboxylic acids is 1. The molecular weight excluding hydrogens is 244 g/mol. The topological polar surface area (TPSA) is 80.4 Å². The summed E-state index contributed by atoms with van der Waals surface area (Å²) in [5.74, 6) is -1.03.